The molecule has 0 aliphatic heterocycles. The number of pyridine rings is 1. The van der Waals surface area contributed by atoms with E-state index in [1.165, 1.54) is 11.8 Å². The fourth-order valence-corrected chi connectivity index (χ4v) is 2.80. The second-order valence-electron chi connectivity index (χ2n) is 4.42. The van der Waals surface area contributed by atoms with Crippen molar-refractivity contribution in [3.05, 3.63) is 53.3 Å². The van der Waals surface area contributed by atoms with Crippen molar-refractivity contribution >= 4 is 23.4 Å². The maximum atomic E-state index is 6.04. The number of methoxy groups -OCH3 is 1. The number of thioether (sulfide) groups is 1. The Labute approximate surface area is 137 Å². The lowest BCUT2D eigenvalue weighted by atomic mass is 10.2. The number of hydrogen-bond donors (Lipinski definition) is 1. The topological polar surface area (TPSA) is 63.7 Å². The van der Waals surface area contributed by atoms with Gasteiger partial charge in [-0.05, 0) is 30.3 Å². The van der Waals surface area contributed by atoms with E-state index in [1.807, 2.05) is 18.2 Å². The maximum Gasteiger partial charge on any atom is 0.209 e. The van der Waals surface area contributed by atoms with Gasteiger partial charge in [-0.3, -0.25) is 10.1 Å². The van der Waals surface area contributed by atoms with Crippen molar-refractivity contribution in [2.45, 2.75) is 10.9 Å². The summed E-state index contributed by atoms with van der Waals surface area (Å²) in [5.41, 5.74) is 1.77. The molecule has 3 rings (SSSR count). The highest BCUT2D eigenvalue weighted by atomic mass is 35.5. The molecule has 3 aromatic rings. The van der Waals surface area contributed by atoms with E-state index >= 15 is 0 Å². The summed E-state index contributed by atoms with van der Waals surface area (Å²) in [6.45, 7) is 0. The van der Waals surface area contributed by atoms with Crippen LogP contribution in [0, 0.1) is 0 Å². The van der Waals surface area contributed by atoms with E-state index in [2.05, 4.69) is 20.2 Å². The first kappa shape index (κ1) is 14.9. The van der Waals surface area contributed by atoms with Crippen LogP contribution in [-0.4, -0.2) is 27.3 Å². The van der Waals surface area contributed by atoms with Crippen molar-refractivity contribution in [3.8, 4) is 17.1 Å². The molecule has 0 amide bonds. The highest BCUT2D eigenvalue weighted by Crippen LogP contribution is 2.31. The molecule has 0 spiro atoms. The van der Waals surface area contributed by atoms with Gasteiger partial charge in [-0.15, -0.1) is 5.10 Å². The third-order valence-corrected chi connectivity index (χ3v) is 4.07. The van der Waals surface area contributed by atoms with Crippen LogP contribution in [-0.2, 0) is 5.75 Å². The molecular weight excluding hydrogens is 320 g/mol. The number of benzene rings is 1. The van der Waals surface area contributed by atoms with E-state index in [0.29, 0.717) is 27.5 Å². The number of ether oxygens (including phenoxy) is 1. The number of nitrogens with zero attached hydrogens (tertiary/aromatic N) is 3. The predicted molar refractivity (Wildman–Crippen MR) is 87.2 cm³/mol. The Bertz CT molecular complexity index is 763. The first-order chi connectivity index (χ1) is 10.8. The summed E-state index contributed by atoms with van der Waals surface area (Å²) >= 11 is 7.56. The van der Waals surface area contributed by atoms with Crippen LogP contribution in [0.2, 0.25) is 5.02 Å². The van der Waals surface area contributed by atoms with E-state index in [0.717, 1.165) is 11.3 Å². The largest absolute Gasteiger partial charge is 0.496 e. The lowest BCUT2D eigenvalue weighted by molar-refractivity contribution is 0.416. The summed E-state index contributed by atoms with van der Waals surface area (Å²) in [5, 5.41) is 8.41. The highest BCUT2D eigenvalue weighted by Gasteiger charge is 2.12. The molecule has 0 aliphatic carbocycles. The van der Waals surface area contributed by atoms with Crippen LogP contribution in [0.5, 0.6) is 5.75 Å². The number of hydrogen-bond acceptors (Lipinski definition) is 5. The minimum absolute atomic E-state index is 0.620. The SMILES string of the molecule is COc1ccc(Cl)cc1-c1nc(SCc2ccccn2)n[nH]1. The van der Waals surface area contributed by atoms with Gasteiger partial charge in [0.2, 0.25) is 5.16 Å². The number of halogens is 1. The molecule has 0 saturated heterocycles. The van der Waals surface area contributed by atoms with E-state index in [9.17, 15) is 0 Å². The average molecular weight is 333 g/mol. The molecule has 0 unspecified atom stereocenters. The highest BCUT2D eigenvalue weighted by molar-refractivity contribution is 7.98. The molecule has 0 saturated carbocycles. The van der Waals surface area contributed by atoms with Crippen molar-refractivity contribution in [1.82, 2.24) is 20.2 Å². The molecule has 0 bridgehead atoms. The van der Waals surface area contributed by atoms with Gasteiger partial charge in [0.1, 0.15) is 5.75 Å². The Morgan fingerprint density at radius 2 is 2.18 bits per heavy atom. The molecule has 1 N–H and O–H groups in total. The zero-order valence-electron chi connectivity index (χ0n) is 11.8. The molecule has 0 atom stereocenters. The molecule has 1 aromatic carbocycles. The summed E-state index contributed by atoms with van der Waals surface area (Å²) in [4.78, 5) is 8.75. The Hall–Kier alpha value is -2.05. The minimum atomic E-state index is 0.620. The minimum Gasteiger partial charge on any atom is -0.496 e. The lowest BCUT2D eigenvalue weighted by Crippen LogP contribution is -1.89. The van der Waals surface area contributed by atoms with Gasteiger partial charge in [0, 0.05) is 17.0 Å². The monoisotopic (exact) mass is 332 g/mol. The van der Waals surface area contributed by atoms with Gasteiger partial charge < -0.3 is 4.74 Å². The smallest absolute Gasteiger partial charge is 0.209 e. The standard InChI is InChI=1S/C15H13ClN4OS/c1-21-13-6-5-10(16)8-12(13)14-18-15(20-19-14)22-9-11-4-2-3-7-17-11/h2-8H,9H2,1H3,(H,18,19,20). The lowest BCUT2D eigenvalue weighted by Gasteiger charge is -2.05. The zero-order chi connectivity index (χ0) is 15.4. The Kier molecular flexibility index (Phi) is 4.60. The molecule has 112 valence electrons. The van der Waals surface area contributed by atoms with Crippen molar-refractivity contribution in [2.24, 2.45) is 0 Å². The van der Waals surface area contributed by atoms with E-state index in [-0.39, 0.29) is 0 Å². The van der Waals surface area contributed by atoms with Crippen molar-refractivity contribution < 1.29 is 4.74 Å². The van der Waals surface area contributed by atoms with Crippen LogP contribution in [0.25, 0.3) is 11.4 Å². The normalized spacial score (nSPS) is 10.6. The first-order valence-corrected chi connectivity index (χ1v) is 7.91. The predicted octanol–water partition coefficient (Wildman–Crippen LogP) is 3.82. The molecule has 0 fully saturated rings. The fourth-order valence-electron chi connectivity index (χ4n) is 1.92. The summed E-state index contributed by atoms with van der Waals surface area (Å²) in [5.74, 6) is 2.04. The van der Waals surface area contributed by atoms with Crippen molar-refractivity contribution in [3.63, 3.8) is 0 Å². The first-order valence-electron chi connectivity index (χ1n) is 6.55. The van der Waals surface area contributed by atoms with Gasteiger partial charge in [0.25, 0.3) is 0 Å². The van der Waals surface area contributed by atoms with E-state index < -0.39 is 0 Å². The van der Waals surface area contributed by atoms with Gasteiger partial charge in [-0.1, -0.05) is 29.4 Å². The molecule has 5 nitrogen and oxygen atoms in total. The summed E-state index contributed by atoms with van der Waals surface area (Å²) in [7, 11) is 1.61. The molecule has 7 heteroatoms. The average Bonchev–Trinajstić information content (AvgIpc) is 3.03. The van der Waals surface area contributed by atoms with Gasteiger partial charge in [0.15, 0.2) is 5.82 Å². The third kappa shape index (κ3) is 3.40. The quantitative estimate of drug-likeness (QED) is 0.719. The molecule has 0 aliphatic rings. The van der Waals surface area contributed by atoms with Crippen LogP contribution >= 0.6 is 23.4 Å². The van der Waals surface area contributed by atoms with Gasteiger partial charge >= 0.3 is 0 Å². The van der Waals surface area contributed by atoms with Gasteiger partial charge in [-0.2, -0.15) is 0 Å². The van der Waals surface area contributed by atoms with Crippen molar-refractivity contribution in [2.75, 3.05) is 7.11 Å². The fraction of sp³-hybridized carbons (Fsp3) is 0.133. The number of aromatic amines is 1. The molecular formula is C15H13ClN4OS. The maximum absolute atomic E-state index is 6.04. The number of rotatable bonds is 5. The molecule has 0 radical (unpaired) electrons. The molecule has 22 heavy (non-hydrogen) atoms. The third-order valence-electron chi connectivity index (χ3n) is 2.96. The van der Waals surface area contributed by atoms with Crippen LogP contribution in [0.15, 0.2) is 47.8 Å². The van der Waals surface area contributed by atoms with Gasteiger partial charge in [0.05, 0.1) is 18.4 Å². The Balaban J connectivity index is 1.78. The Morgan fingerprint density at radius 1 is 1.27 bits per heavy atom. The van der Waals surface area contributed by atoms with Crippen LogP contribution < -0.4 is 4.74 Å². The summed E-state index contributed by atoms with van der Waals surface area (Å²) < 4.78 is 5.33. The van der Waals surface area contributed by atoms with Crippen LogP contribution in [0.1, 0.15) is 5.69 Å². The second-order valence-corrected chi connectivity index (χ2v) is 5.80. The molecule has 2 heterocycles. The summed E-state index contributed by atoms with van der Waals surface area (Å²) in [6, 6.07) is 11.2. The van der Waals surface area contributed by atoms with E-state index in [1.54, 1.807) is 31.5 Å². The van der Waals surface area contributed by atoms with Gasteiger partial charge in [-0.25, -0.2) is 4.98 Å². The number of aromatic nitrogens is 4. The van der Waals surface area contributed by atoms with Crippen LogP contribution in [0.4, 0.5) is 0 Å². The number of nitrogens with one attached hydrogen (secondary N) is 1. The van der Waals surface area contributed by atoms with Crippen molar-refractivity contribution in [1.29, 1.82) is 0 Å². The zero-order valence-corrected chi connectivity index (χ0v) is 13.4. The van der Waals surface area contributed by atoms with Crippen LogP contribution in [0.3, 0.4) is 0 Å². The molecule has 2 aromatic heterocycles. The number of H-pyrrole nitrogens is 1. The Morgan fingerprint density at radius 3 is 2.95 bits per heavy atom. The second kappa shape index (κ2) is 6.81. The summed E-state index contributed by atoms with van der Waals surface area (Å²) in [6.07, 6.45) is 1.77. The van der Waals surface area contributed by atoms with E-state index in [4.69, 9.17) is 16.3 Å².